The number of aromatic nitrogens is 4. The van der Waals surface area contributed by atoms with Crippen LogP contribution in [-0.4, -0.2) is 334 Å². The first-order valence-corrected chi connectivity index (χ1v) is 48.7. The van der Waals surface area contributed by atoms with E-state index in [1.807, 2.05) is 0 Å². The molecule has 7 N–H and O–H groups in total. The zero-order valence-corrected chi connectivity index (χ0v) is 89.1. The van der Waals surface area contributed by atoms with E-state index in [0.717, 1.165) is 113 Å². The number of hydrogen-bond donors (Lipinski definition) is 6. The second-order valence-corrected chi connectivity index (χ2v) is 36.5. The fourth-order valence-corrected chi connectivity index (χ4v) is 14.8. The number of carboxylic acid groups (broad SMARTS) is 2. The zero-order chi connectivity index (χ0) is 106. The maximum Gasteiger partial charge on any atom is 1.00 e. The third kappa shape index (κ3) is 42.9. The normalized spacial score (nSPS) is 16.1. The molecule has 8 heterocycles. The fourth-order valence-electron chi connectivity index (χ4n) is 14.8. The molecule has 0 spiro atoms. The van der Waals surface area contributed by atoms with Crippen molar-refractivity contribution >= 4 is 111 Å². The second kappa shape index (κ2) is 65.9. The van der Waals surface area contributed by atoms with Gasteiger partial charge in [0, 0.05) is 146 Å². The van der Waals surface area contributed by atoms with Crippen molar-refractivity contribution in [3.63, 3.8) is 0 Å². The number of aryl methyl sites for hydroxylation is 2. The number of methoxy groups -OCH3 is 11. The Kier molecular flexibility index (Phi) is 59.8. The van der Waals surface area contributed by atoms with Crippen LogP contribution in [0.25, 0.3) is 31.2 Å². The van der Waals surface area contributed by atoms with E-state index in [-0.39, 0.29) is 83.2 Å². The molecule has 1 amide bonds. The summed E-state index contributed by atoms with van der Waals surface area (Å²) < 4.78 is 117. The van der Waals surface area contributed by atoms with Crippen molar-refractivity contribution in [3.8, 4) is 12.0 Å². The van der Waals surface area contributed by atoms with Gasteiger partial charge in [0.2, 0.25) is 18.9 Å². The van der Waals surface area contributed by atoms with Crippen LogP contribution in [0.1, 0.15) is 92.9 Å². The van der Waals surface area contributed by atoms with Gasteiger partial charge in [-0.15, -0.1) is 0 Å². The zero-order valence-electron chi connectivity index (χ0n) is 84.5. The van der Waals surface area contributed by atoms with E-state index in [4.69, 9.17) is 94.3 Å². The van der Waals surface area contributed by atoms with Crippen LogP contribution < -0.4 is 63.5 Å². The Balaban J connectivity index is 0.000000916. The average Bonchev–Trinajstić information content (AvgIpc) is 0.960. The number of benzene rings is 4. The molecule has 6 aliphatic heterocycles. The van der Waals surface area contributed by atoms with Crippen molar-refractivity contribution in [1.29, 1.82) is 0 Å². The van der Waals surface area contributed by atoms with E-state index in [2.05, 4.69) is 209 Å². The number of carbonyl (C=O) groups excluding carboxylic acids is 5. The van der Waals surface area contributed by atoms with Gasteiger partial charge < -0.3 is 131 Å². The van der Waals surface area contributed by atoms with Crippen LogP contribution in [0.15, 0.2) is 122 Å². The number of rotatable bonds is 29. The van der Waals surface area contributed by atoms with Crippen LogP contribution in [0.3, 0.4) is 0 Å². The number of ketones is 1. The summed E-state index contributed by atoms with van der Waals surface area (Å²) in [4.78, 5) is 142. The number of piperidine rings is 1. The quantitative estimate of drug-likeness (QED) is 0.00307. The van der Waals surface area contributed by atoms with Crippen molar-refractivity contribution in [2.75, 3.05) is 204 Å². The topological polar surface area (TPSA) is 574 Å². The molecule has 143 heavy (non-hydrogen) atoms. The van der Waals surface area contributed by atoms with E-state index in [0.29, 0.717) is 76.0 Å². The van der Waals surface area contributed by atoms with E-state index >= 15 is 0 Å². The van der Waals surface area contributed by atoms with Gasteiger partial charge in [0.15, 0.2) is 23.0 Å². The molecule has 12 rings (SSSR count). The Bertz CT molecular complexity index is 5380. The number of amides is 1. The van der Waals surface area contributed by atoms with E-state index in [1.165, 1.54) is 155 Å². The molecule has 2 aromatic heterocycles. The summed E-state index contributed by atoms with van der Waals surface area (Å²) in [7, 11) is 6.45. The molecule has 6 aliphatic rings. The standard InChI is InChI=1S/C34H41N7O3.C31H38N6O.C6H12O4.2C5H8O3.C4H10O3.2C4H6O3.Na.H2O5P2.H2O4S.H2O/c1-23-9-6-10-25-11-7-13-30(31(23)25)39-16-14-28-29(21-39)36-34(44-22-26-12-8-15-38(26)4)37-32(28)40-17-18-41(27(20-40)19-35-3)33(42)24(2)43-5;1-22-8-4-10-24-11-5-13-28(29(22)24)36-17-14-26-27(20-36)33-31(38-21-25-12-7-15-35(25)3)34-30(26)37-16-6-9-23(19-37)18-32-2;1-6(9-3,10-4)5(7)8-2;1-4(7-2)5(6)8-3;1-3-8-5(7)4(2)6;1-5-4(6-2)7-3;2*1-3(7-2)4(5)6;;1-6(2)7(3,4)5;1-5(2,3)4;/h6-7,9-11,13,26-27H,2,8,12,14-22H2,1,4-5H3;4-5,8,10-11,13,23,25H,6-7,9,12,14-21H2,1,3H3;1-4H3;1H2,2-3H3;3H2,1-2H3;4H,1-3H3;2*1H2,2H3,(H,5,6);;(H2,3,4,5);(H2,1,2,3,4);1H2/q;;;;;;;;+1;;;/p-1/t26-,27-;23-,25-;;;;;;;;;;/m00........../s1. The molecule has 1 unspecified atom stereocenters. The van der Waals surface area contributed by atoms with Crippen molar-refractivity contribution < 1.29 is 186 Å². The molecule has 0 radical (unpaired) electrons. The first-order chi connectivity index (χ1) is 66.6. The predicted octanol–water partition coefficient (Wildman–Crippen LogP) is 5.83. The largest absolute Gasteiger partial charge is 1.00 e. The maximum atomic E-state index is 13.0. The van der Waals surface area contributed by atoms with Crippen molar-refractivity contribution in [2.24, 2.45) is 5.92 Å². The summed E-state index contributed by atoms with van der Waals surface area (Å²) >= 11 is 0. The number of Topliss-reactive ketones (excluding diaryl/α,β-unsaturated/α-hetero) is 1. The number of hydrogen-bond acceptors (Lipinski definition) is 37. The van der Waals surface area contributed by atoms with Crippen molar-refractivity contribution in [2.45, 2.75) is 129 Å². The van der Waals surface area contributed by atoms with Crippen LogP contribution >= 0.6 is 15.0 Å². The Labute approximate surface area is 857 Å². The number of carboxylic acids is 2. The third-order valence-corrected chi connectivity index (χ3v) is 24.1. The summed E-state index contributed by atoms with van der Waals surface area (Å²) in [6.07, 6.45) is 8.56. The molecular weight excluding hydrogens is 1940 g/mol. The van der Waals surface area contributed by atoms with E-state index in [1.54, 1.807) is 11.8 Å². The van der Waals surface area contributed by atoms with Gasteiger partial charge in [-0.2, -0.15) is 28.4 Å². The molecule has 50 heteroatoms. The third-order valence-electron chi connectivity index (χ3n) is 22.4. The van der Waals surface area contributed by atoms with Crippen molar-refractivity contribution in [3.05, 3.63) is 179 Å². The van der Waals surface area contributed by atoms with Crippen LogP contribution in [0.4, 0.5) is 23.0 Å². The maximum absolute atomic E-state index is 13.0. The van der Waals surface area contributed by atoms with Gasteiger partial charge in [0.1, 0.15) is 30.9 Å². The number of piperazine rings is 1. The molecule has 46 nitrogen and oxygen atoms in total. The number of fused-ring (bicyclic) bond motifs is 4. The van der Waals surface area contributed by atoms with Crippen LogP contribution in [-0.2, 0) is 136 Å². The number of likely N-dealkylation sites (N-methyl/N-ethyl adjacent to an activating group) is 2. The van der Waals surface area contributed by atoms with Gasteiger partial charge in [-0.3, -0.25) is 28.5 Å². The number of aliphatic carboxylic acids is 2. The molecular formula is C93H134N13NaO33P2S. The van der Waals surface area contributed by atoms with Crippen molar-refractivity contribution in [1.82, 2.24) is 34.6 Å². The molecule has 5 atom stereocenters. The van der Waals surface area contributed by atoms with E-state index < -0.39 is 73.3 Å². The van der Waals surface area contributed by atoms with Crippen LogP contribution in [0.5, 0.6) is 12.0 Å². The first kappa shape index (κ1) is 130. The monoisotopic (exact) mass is 2080 g/mol. The molecule has 0 aliphatic carbocycles. The number of anilines is 4. The number of carbonyl (C=O) groups is 7. The Morgan fingerprint density at radius 2 is 0.965 bits per heavy atom. The van der Waals surface area contributed by atoms with Gasteiger partial charge >= 0.3 is 96.8 Å². The number of ether oxygens (including phenoxy) is 14. The fraction of sp³-hybridized carbons (Fsp3) is 0.516. The summed E-state index contributed by atoms with van der Waals surface area (Å²) in [5.74, 6) is -4.24. The number of esters is 3. The minimum Gasteiger partial charge on any atom is -0.870 e. The van der Waals surface area contributed by atoms with Crippen LogP contribution in [0, 0.1) is 32.9 Å². The minimum absolute atomic E-state index is 0. The predicted molar refractivity (Wildman–Crippen MR) is 523 cm³/mol. The Morgan fingerprint density at radius 3 is 1.27 bits per heavy atom. The van der Waals surface area contributed by atoms with E-state index in [9.17, 15) is 47.6 Å². The van der Waals surface area contributed by atoms with Gasteiger partial charge in [0.05, 0.1) is 73.7 Å². The van der Waals surface area contributed by atoms with Crippen LogP contribution in [0.2, 0.25) is 0 Å². The molecule has 786 valence electrons. The minimum atomic E-state index is -4.78. The smallest absolute Gasteiger partial charge is 0.870 e. The Hall–Kier alpha value is -11.3. The summed E-state index contributed by atoms with van der Waals surface area (Å²) in [5, 5.41) is 21.0. The summed E-state index contributed by atoms with van der Waals surface area (Å²) in [6, 6.07) is 27.4. The second-order valence-electron chi connectivity index (χ2n) is 31.6. The summed E-state index contributed by atoms with van der Waals surface area (Å²) in [5.41, 5.74) is 9.46. The van der Waals surface area contributed by atoms with Gasteiger partial charge in [0.25, 0.3) is 18.2 Å². The average molecular weight is 2080 g/mol. The number of nitrogens with zero attached hydrogens (tertiary/aromatic N) is 13. The SMILES string of the molecule is C=C(OC)C(=O)O.C=C(OC)C(=O)O.C=C(OC)C(=O)OC.CCOC(=O)C(C)=O.COC(=O)C(C)(OC)OC.COC(OC)OC.O=S(=O)(O)O.O=[P+]([O-])P(=O)(O)O.[C-]#[N+]C[C@@H]1CCCN(c2nc(OC[C@@H]3CCCN3C)nc3c2CCN(c2cccc4cccc(C)c24)C3)C1.[C-]#[N+]C[C@H]1CN(c2nc(OC[C@@H]3CCCN3C)nc3c2CCN(c2cccc4cccc(C)c24)C3)CCN1C(=O)C(=C)OC.[Na+].[OH-]. The Morgan fingerprint density at radius 1 is 0.566 bits per heavy atom. The van der Waals surface area contributed by atoms with Gasteiger partial charge in [-0.05, 0) is 153 Å². The van der Waals surface area contributed by atoms with Gasteiger partial charge in [-0.25, -0.2) is 41.7 Å². The molecule has 4 fully saturated rings. The molecule has 4 saturated heterocycles. The first-order valence-electron chi connectivity index (χ1n) is 43.9. The summed E-state index contributed by atoms with van der Waals surface area (Å²) in [6.45, 7) is 47.2. The molecule has 0 saturated carbocycles. The molecule has 4 aromatic carbocycles. The molecule has 0 bridgehead atoms. The number of likely N-dealkylation sites (tertiary alicyclic amines) is 2. The van der Waals surface area contributed by atoms with Gasteiger partial charge in [-0.1, -0.05) is 71.8 Å². The molecule has 6 aromatic rings.